The van der Waals surface area contributed by atoms with Gasteiger partial charge in [-0.25, -0.2) is 14.4 Å². The number of hydrogen-bond donors (Lipinski definition) is 5. The molecule has 1 unspecified atom stereocenters. The van der Waals surface area contributed by atoms with Gasteiger partial charge in [0.15, 0.2) is 0 Å². The maximum atomic E-state index is 13.9. The highest BCUT2D eigenvalue weighted by atomic mass is 35.5. The minimum absolute atomic E-state index is 0.0402. The standard InChI is InChI=1S/C32H33ClN5O8P/c1-18-6-4-5-7-20(18)17-45-47(43,37-19(2)31(40)41)38-30(39)24-15-23-27(16-29(24)44-3)34-13-12-28(23)46-22-10-11-26(25(33)14-22)36-32(42)35-21-8-9-21/h4-7,10-16,19,21H,8-9,17H2,1-3H3,(H,40,41)(H2,35,36,42)(H2,37,38,39,43)/t19-,47?/m0/s1. The number of benzene rings is 3. The van der Waals surface area contributed by atoms with Crippen molar-refractivity contribution in [3.8, 4) is 17.2 Å². The summed E-state index contributed by atoms with van der Waals surface area (Å²) in [6, 6.07) is 15.1. The van der Waals surface area contributed by atoms with E-state index >= 15 is 0 Å². The molecular formula is C32H33ClN5O8P. The largest absolute Gasteiger partial charge is 0.496 e. The third-order valence-corrected chi connectivity index (χ3v) is 9.27. The van der Waals surface area contributed by atoms with Gasteiger partial charge in [-0.05, 0) is 62.1 Å². The van der Waals surface area contributed by atoms with Gasteiger partial charge in [-0.2, -0.15) is 0 Å². The molecule has 0 saturated heterocycles. The lowest BCUT2D eigenvalue weighted by atomic mass is 10.1. The van der Waals surface area contributed by atoms with Crippen molar-refractivity contribution in [3.63, 3.8) is 0 Å². The van der Waals surface area contributed by atoms with Crippen molar-refractivity contribution in [3.05, 3.63) is 88.6 Å². The maximum Gasteiger partial charge on any atom is 0.369 e. The van der Waals surface area contributed by atoms with Crippen LogP contribution in [0.1, 0.15) is 41.3 Å². The molecule has 2 atom stereocenters. The second-order valence-corrected chi connectivity index (χ2v) is 13.1. The van der Waals surface area contributed by atoms with Crippen LogP contribution in [0.3, 0.4) is 0 Å². The normalized spacial score (nSPS) is 14.5. The Morgan fingerprint density at radius 2 is 1.85 bits per heavy atom. The fourth-order valence-corrected chi connectivity index (χ4v) is 6.23. The number of carbonyl (C=O) groups is 3. The summed E-state index contributed by atoms with van der Waals surface area (Å²) in [5, 5.41) is 20.4. The zero-order valence-corrected chi connectivity index (χ0v) is 27.4. The fourth-order valence-electron chi connectivity index (χ4n) is 4.48. The molecule has 5 rings (SSSR count). The van der Waals surface area contributed by atoms with Gasteiger partial charge in [-0.15, -0.1) is 0 Å². The van der Waals surface area contributed by atoms with E-state index in [4.69, 9.17) is 25.6 Å². The highest BCUT2D eigenvalue weighted by Crippen LogP contribution is 2.41. The molecule has 0 radical (unpaired) electrons. The quantitative estimate of drug-likeness (QED) is 0.0993. The third kappa shape index (κ3) is 8.57. The van der Waals surface area contributed by atoms with Gasteiger partial charge in [0.05, 0.1) is 35.5 Å². The summed E-state index contributed by atoms with van der Waals surface area (Å²) in [5.74, 6) is -1.38. The SMILES string of the molecule is COc1cc2nccc(Oc3ccc(NC(=O)NC4CC4)c(Cl)c3)c2cc1C(=O)NP(=O)(N[C@@H](C)C(=O)O)OCc1ccccc1C. The molecule has 0 bridgehead atoms. The number of aliphatic carboxylic acids is 1. The van der Waals surface area contributed by atoms with Gasteiger partial charge >= 0.3 is 19.7 Å². The first-order valence-corrected chi connectivity index (χ1v) is 16.6. The second-order valence-electron chi connectivity index (χ2n) is 10.9. The number of fused-ring (bicyclic) bond motifs is 1. The number of urea groups is 1. The van der Waals surface area contributed by atoms with Crippen molar-refractivity contribution < 1.29 is 38.1 Å². The Morgan fingerprint density at radius 1 is 1.09 bits per heavy atom. The molecule has 3 aromatic carbocycles. The Hall–Kier alpha value is -4.68. The second kappa shape index (κ2) is 14.4. The Kier molecular flexibility index (Phi) is 10.3. The lowest BCUT2D eigenvalue weighted by Crippen LogP contribution is -2.38. The monoisotopic (exact) mass is 681 g/mol. The van der Waals surface area contributed by atoms with Crippen molar-refractivity contribution in [2.24, 2.45) is 0 Å². The van der Waals surface area contributed by atoms with E-state index in [0.717, 1.165) is 18.4 Å². The van der Waals surface area contributed by atoms with Crippen LogP contribution in [0.5, 0.6) is 17.2 Å². The number of rotatable bonds is 13. The Labute approximate surface area is 275 Å². The zero-order valence-electron chi connectivity index (χ0n) is 25.7. The summed E-state index contributed by atoms with van der Waals surface area (Å²) in [6.45, 7) is 2.96. The number of hydrogen-bond acceptors (Lipinski definition) is 8. The predicted octanol–water partition coefficient (Wildman–Crippen LogP) is 6.40. The van der Waals surface area contributed by atoms with E-state index in [1.807, 2.05) is 19.1 Å². The molecule has 1 fully saturated rings. The van der Waals surface area contributed by atoms with Gasteiger partial charge in [-0.1, -0.05) is 35.9 Å². The highest BCUT2D eigenvalue weighted by Gasteiger charge is 2.32. The predicted molar refractivity (Wildman–Crippen MR) is 176 cm³/mol. The van der Waals surface area contributed by atoms with E-state index in [1.165, 1.54) is 38.4 Å². The number of aryl methyl sites for hydroxylation is 1. The topological polar surface area (TPSA) is 177 Å². The summed E-state index contributed by atoms with van der Waals surface area (Å²) in [5.41, 5.74) is 2.35. The van der Waals surface area contributed by atoms with Crippen molar-refractivity contribution in [1.29, 1.82) is 0 Å². The summed E-state index contributed by atoms with van der Waals surface area (Å²) in [6.07, 6.45) is 3.41. The van der Waals surface area contributed by atoms with Crippen LogP contribution in [0.15, 0.2) is 66.9 Å². The molecule has 1 aliphatic rings. The van der Waals surface area contributed by atoms with Gasteiger partial charge in [0.25, 0.3) is 5.91 Å². The molecule has 1 saturated carbocycles. The average molecular weight is 682 g/mol. The Morgan fingerprint density at radius 3 is 2.53 bits per heavy atom. The zero-order chi connectivity index (χ0) is 33.7. The number of halogens is 1. The van der Waals surface area contributed by atoms with E-state index in [-0.39, 0.29) is 35.0 Å². The number of carbonyl (C=O) groups excluding carboxylic acids is 2. The molecule has 0 spiro atoms. The minimum atomic E-state index is -4.30. The van der Waals surface area contributed by atoms with E-state index in [1.54, 1.807) is 30.3 Å². The molecular weight excluding hydrogens is 649 g/mol. The molecule has 15 heteroatoms. The summed E-state index contributed by atoms with van der Waals surface area (Å²) in [4.78, 5) is 41.8. The van der Waals surface area contributed by atoms with Crippen LogP contribution in [-0.2, 0) is 20.5 Å². The molecule has 0 aliphatic heterocycles. The first-order chi connectivity index (χ1) is 22.4. The number of carboxylic acids is 1. The Bertz CT molecular complexity index is 1890. The van der Waals surface area contributed by atoms with Crippen LogP contribution in [-0.4, -0.2) is 47.2 Å². The highest BCUT2D eigenvalue weighted by molar-refractivity contribution is 7.55. The average Bonchev–Trinajstić information content (AvgIpc) is 3.85. The van der Waals surface area contributed by atoms with Gasteiger partial charge < -0.3 is 25.2 Å². The van der Waals surface area contributed by atoms with Crippen LogP contribution >= 0.6 is 19.3 Å². The van der Waals surface area contributed by atoms with Gasteiger partial charge in [0.1, 0.15) is 23.3 Å². The number of methoxy groups -OCH3 is 1. The van der Waals surface area contributed by atoms with E-state index in [9.17, 15) is 24.1 Å². The molecule has 5 N–H and O–H groups in total. The van der Waals surface area contributed by atoms with Gasteiger partial charge in [0.2, 0.25) is 0 Å². The van der Waals surface area contributed by atoms with Crippen molar-refractivity contribution in [2.75, 3.05) is 12.4 Å². The number of amides is 3. The van der Waals surface area contributed by atoms with Crippen LogP contribution in [0.25, 0.3) is 10.9 Å². The Balaban J connectivity index is 1.41. The lowest BCUT2D eigenvalue weighted by Gasteiger charge is -2.23. The summed E-state index contributed by atoms with van der Waals surface area (Å²) in [7, 11) is -2.94. The summed E-state index contributed by atoms with van der Waals surface area (Å²) >= 11 is 6.42. The number of nitrogens with one attached hydrogen (secondary N) is 4. The van der Waals surface area contributed by atoms with Crippen LogP contribution in [0, 0.1) is 6.92 Å². The molecule has 3 amide bonds. The molecule has 1 aliphatic carbocycles. The van der Waals surface area contributed by atoms with Crippen LogP contribution in [0.2, 0.25) is 5.02 Å². The van der Waals surface area contributed by atoms with Crippen LogP contribution in [0.4, 0.5) is 10.5 Å². The molecule has 4 aromatic rings. The number of pyridine rings is 1. The van der Waals surface area contributed by atoms with Crippen molar-refractivity contribution in [1.82, 2.24) is 20.5 Å². The number of anilines is 1. The number of carboxylic acid groups (broad SMARTS) is 1. The first-order valence-electron chi connectivity index (χ1n) is 14.6. The molecule has 13 nitrogen and oxygen atoms in total. The van der Waals surface area contributed by atoms with Crippen molar-refractivity contribution >= 4 is 53.8 Å². The van der Waals surface area contributed by atoms with Crippen LogP contribution < -0.4 is 30.3 Å². The van der Waals surface area contributed by atoms with Crippen molar-refractivity contribution in [2.45, 2.75) is 45.4 Å². The maximum absolute atomic E-state index is 13.9. The van der Waals surface area contributed by atoms with E-state index < -0.39 is 25.6 Å². The number of aromatic nitrogens is 1. The van der Waals surface area contributed by atoms with Gasteiger partial charge in [-0.3, -0.25) is 24.2 Å². The lowest BCUT2D eigenvalue weighted by molar-refractivity contribution is -0.138. The third-order valence-electron chi connectivity index (χ3n) is 7.24. The van der Waals surface area contributed by atoms with E-state index in [2.05, 4.69) is 25.8 Å². The number of ether oxygens (including phenoxy) is 2. The molecule has 246 valence electrons. The smallest absolute Gasteiger partial charge is 0.369 e. The molecule has 47 heavy (non-hydrogen) atoms. The number of nitrogens with zero attached hydrogens (tertiary/aromatic N) is 1. The molecule has 1 heterocycles. The minimum Gasteiger partial charge on any atom is -0.496 e. The fraction of sp³-hybridized carbons (Fsp3) is 0.250. The molecule has 1 aromatic heterocycles. The first kappa shape index (κ1) is 33.7. The summed E-state index contributed by atoms with van der Waals surface area (Å²) < 4.78 is 31.1. The van der Waals surface area contributed by atoms with Gasteiger partial charge in [0, 0.05) is 29.8 Å². The van der Waals surface area contributed by atoms with E-state index in [0.29, 0.717) is 33.7 Å².